The lowest BCUT2D eigenvalue weighted by molar-refractivity contribution is -0.120. The van der Waals surface area contributed by atoms with Crippen molar-refractivity contribution in [1.82, 2.24) is 15.5 Å². The van der Waals surface area contributed by atoms with Gasteiger partial charge >= 0.3 is 0 Å². The molecule has 2 N–H and O–H groups in total. The third-order valence-electron chi connectivity index (χ3n) is 3.40. The predicted octanol–water partition coefficient (Wildman–Crippen LogP) is 1.83. The van der Waals surface area contributed by atoms with E-state index in [1.165, 1.54) is 6.42 Å². The van der Waals surface area contributed by atoms with Crippen molar-refractivity contribution in [2.75, 3.05) is 33.2 Å². The van der Waals surface area contributed by atoms with Gasteiger partial charge < -0.3 is 15.5 Å². The fraction of sp³-hybridized carbons (Fsp3) is 0.857. The van der Waals surface area contributed by atoms with Crippen molar-refractivity contribution in [2.45, 2.75) is 40.0 Å². The van der Waals surface area contributed by atoms with Gasteiger partial charge in [-0.3, -0.25) is 9.79 Å². The molecule has 5 nitrogen and oxygen atoms in total. The maximum Gasteiger partial charge on any atom is 0.221 e. The van der Waals surface area contributed by atoms with Crippen LogP contribution in [-0.2, 0) is 4.79 Å². The Morgan fingerprint density at radius 1 is 1.30 bits per heavy atom. The van der Waals surface area contributed by atoms with Gasteiger partial charge in [-0.15, -0.1) is 24.0 Å². The van der Waals surface area contributed by atoms with Crippen molar-refractivity contribution >= 4 is 35.8 Å². The molecule has 20 heavy (non-hydrogen) atoms. The Bertz CT molecular complexity index is 331. The first-order chi connectivity index (χ1) is 8.98. The molecule has 0 bridgehead atoms. The Labute approximate surface area is 140 Å². The fourth-order valence-electron chi connectivity index (χ4n) is 2.27. The van der Waals surface area contributed by atoms with Crippen molar-refractivity contribution in [3.8, 4) is 0 Å². The molecule has 0 atom stereocenters. The van der Waals surface area contributed by atoms with Crippen LogP contribution in [0.15, 0.2) is 4.99 Å². The zero-order valence-corrected chi connectivity index (χ0v) is 15.5. The second-order valence-electron chi connectivity index (χ2n) is 5.91. The number of aliphatic imine (C=N–C) groups is 1. The highest BCUT2D eigenvalue weighted by atomic mass is 127. The van der Waals surface area contributed by atoms with Gasteiger partial charge in [0.2, 0.25) is 5.91 Å². The Morgan fingerprint density at radius 3 is 2.50 bits per heavy atom. The number of halogens is 1. The van der Waals surface area contributed by atoms with Crippen molar-refractivity contribution in [1.29, 1.82) is 0 Å². The molecular formula is C14H29IN4O. The van der Waals surface area contributed by atoms with E-state index in [1.54, 1.807) is 7.05 Å². The Balaban J connectivity index is 0.00000361. The number of carbonyl (C=O) groups excluding carboxylic acids is 1. The van der Waals surface area contributed by atoms with E-state index < -0.39 is 0 Å². The topological polar surface area (TPSA) is 56.7 Å². The fourth-order valence-corrected chi connectivity index (χ4v) is 2.27. The molecular weight excluding hydrogens is 367 g/mol. The van der Waals surface area contributed by atoms with Crippen molar-refractivity contribution in [3.63, 3.8) is 0 Å². The van der Waals surface area contributed by atoms with E-state index in [9.17, 15) is 4.79 Å². The van der Waals surface area contributed by atoms with E-state index in [1.807, 2.05) is 0 Å². The van der Waals surface area contributed by atoms with Crippen LogP contribution in [0.4, 0.5) is 0 Å². The SMILES string of the molecule is CCCNC(=O)CCNC(=NC)N1CCC(C)(C)C1.I. The molecule has 0 unspecified atom stereocenters. The summed E-state index contributed by atoms with van der Waals surface area (Å²) in [5.74, 6) is 1.01. The summed E-state index contributed by atoms with van der Waals surface area (Å²) < 4.78 is 0. The van der Waals surface area contributed by atoms with E-state index in [0.29, 0.717) is 18.4 Å². The van der Waals surface area contributed by atoms with Crippen LogP contribution in [0.3, 0.4) is 0 Å². The highest BCUT2D eigenvalue weighted by Gasteiger charge is 2.30. The third kappa shape index (κ3) is 6.76. The molecule has 0 aromatic rings. The summed E-state index contributed by atoms with van der Waals surface area (Å²) in [6.07, 6.45) is 2.66. The maximum atomic E-state index is 11.5. The largest absolute Gasteiger partial charge is 0.356 e. The van der Waals surface area contributed by atoms with E-state index in [4.69, 9.17) is 0 Å². The molecule has 1 saturated heterocycles. The minimum Gasteiger partial charge on any atom is -0.356 e. The first-order valence-corrected chi connectivity index (χ1v) is 7.21. The molecule has 0 aliphatic carbocycles. The van der Waals surface area contributed by atoms with E-state index in [2.05, 4.69) is 41.3 Å². The number of rotatable bonds is 5. The standard InChI is InChI=1S/C14H28N4O.HI/c1-5-8-16-12(19)6-9-17-13(15-4)18-10-7-14(2,3)11-18;/h5-11H2,1-4H3,(H,15,17)(H,16,19);1H. The minimum atomic E-state index is 0. The zero-order chi connectivity index (χ0) is 14.3. The van der Waals surface area contributed by atoms with Crippen LogP contribution in [0.2, 0.25) is 0 Å². The molecule has 0 aromatic heterocycles. The maximum absolute atomic E-state index is 11.5. The van der Waals surface area contributed by atoms with Crippen LogP contribution in [0, 0.1) is 5.41 Å². The molecule has 0 saturated carbocycles. The monoisotopic (exact) mass is 396 g/mol. The van der Waals surface area contributed by atoms with Crippen LogP contribution < -0.4 is 10.6 Å². The summed E-state index contributed by atoms with van der Waals surface area (Å²) >= 11 is 0. The van der Waals surface area contributed by atoms with Gasteiger partial charge in [0, 0.05) is 39.6 Å². The summed E-state index contributed by atoms with van der Waals surface area (Å²) in [7, 11) is 1.80. The molecule has 1 fully saturated rings. The number of nitrogens with one attached hydrogen (secondary N) is 2. The summed E-state index contributed by atoms with van der Waals surface area (Å²) in [6.45, 7) is 10.1. The normalized spacial score (nSPS) is 17.6. The molecule has 6 heteroatoms. The molecule has 1 heterocycles. The number of hydrogen-bond donors (Lipinski definition) is 2. The van der Waals surface area contributed by atoms with Crippen molar-refractivity contribution < 1.29 is 4.79 Å². The molecule has 0 spiro atoms. The number of carbonyl (C=O) groups is 1. The Kier molecular flexibility index (Phi) is 9.16. The molecule has 1 amide bonds. The zero-order valence-electron chi connectivity index (χ0n) is 13.2. The molecule has 1 aliphatic heterocycles. The summed E-state index contributed by atoms with van der Waals surface area (Å²) in [5.41, 5.74) is 0.357. The van der Waals surface area contributed by atoms with Crippen molar-refractivity contribution in [3.05, 3.63) is 0 Å². The van der Waals surface area contributed by atoms with Gasteiger partial charge in [0.05, 0.1) is 0 Å². The van der Waals surface area contributed by atoms with Gasteiger partial charge in [-0.1, -0.05) is 20.8 Å². The quantitative estimate of drug-likeness (QED) is 0.424. The molecule has 1 aliphatic rings. The smallest absolute Gasteiger partial charge is 0.221 e. The van der Waals surface area contributed by atoms with Gasteiger partial charge in [-0.25, -0.2) is 0 Å². The average molecular weight is 396 g/mol. The predicted molar refractivity (Wildman–Crippen MR) is 94.7 cm³/mol. The first kappa shape index (κ1) is 19.5. The lowest BCUT2D eigenvalue weighted by atomic mass is 9.93. The Morgan fingerprint density at radius 2 is 2.00 bits per heavy atom. The lowest BCUT2D eigenvalue weighted by Gasteiger charge is -2.23. The second kappa shape index (κ2) is 9.41. The lowest BCUT2D eigenvalue weighted by Crippen LogP contribution is -2.42. The molecule has 0 radical (unpaired) electrons. The molecule has 1 rings (SSSR count). The van der Waals surface area contributed by atoms with Crippen LogP contribution >= 0.6 is 24.0 Å². The van der Waals surface area contributed by atoms with E-state index >= 15 is 0 Å². The van der Waals surface area contributed by atoms with Gasteiger partial charge in [0.15, 0.2) is 5.96 Å². The number of guanidine groups is 1. The number of nitrogens with zero attached hydrogens (tertiary/aromatic N) is 2. The number of likely N-dealkylation sites (tertiary alicyclic amines) is 1. The van der Waals surface area contributed by atoms with Crippen LogP contribution in [0.1, 0.15) is 40.0 Å². The van der Waals surface area contributed by atoms with Gasteiger partial charge in [-0.05, 0) is 18.3 Å². The molecule has 118 valence electrons. The first-order valence-electron chi connectivity index (χ1n) is 7.21. The van der Waals surface area contributed by atoms with Crippen LogP contribution in [-0.4, -0.2) is 50.0 Å². The number of hydrogen-bond acceptors (Lipinski definition) is 2. The Hall–Kier alpha value is -0.530. The van der Waals surface area contributed by atoms with Gasteiger partial charge in [-0.2, -0.15) is 0 Å². The van der Waals surface area contributed by atoms with E-state index in [0.717, 1.165) is 32.0 Å². The highest BCUT2D eigenvalue weighted by Crippen LogP contribution is 2.28. The van der Waals surface area contributed by atoms with E-state index in [-0.39, 0.29) is 29.9 Å². The third-order valence-corrected chi connectivity index (χ3v) is 3.40. The van der Waals surface area contributed by atoms with Gasteiger partial charge in [0.1, 0.15) is 0 Å². The molecule has 0 aromatic carbocycles. The highest BCUT2D eigenvalue weighted by molar-refractivity contribution is 14.0. The van der Waals surface area contributed by atoms with Crippen molar-refractivity contribution in [2.24, 2.45) is 10.4 Å². The van der Waals surface area contributed by atoms with Crippen LogP contribution in [0.5, 0.6) is 0 Å². The summed E-state index contributed by atoms with van der Waals surface area (Å²) in [6, 6.07) is 0. The summed E-state index contributed by atoms with van der Waals surface area (Å²) in [4.78, 5) is 18.1. The second-order valence-corrected chi connectivity index (χ2v) is 5.91. The van der Waals surface area contributed by atoms with Crippen LogP contribution in [0.25, 0.3) is 0 Å². The number of amides is 1. The minimum absolute atomic E-state index is 0. The summed E-state index contributed by atoms with van der Waals surface area (Å²) in [5, 5.41) is 6.15. The average Bonchev–Trinajstić information content (AvgIpc) is 2.72. The van der Waals surface area contributed by atoms with Gasteiger partial charge in [0.25, 0.3) is 0 Å².